The Morgan fingerprint density at radius 3 is 2.54 bits per heavy atom. The van der Waals surface area contributed by atoms with E-state index in [1.165, 1.54) is 7.11 Å². The van der Waals surface area contributed by atoms with Crippen molar-refractivity contribution < 1.29 is 33.6 Å². The molecule has 1 amide bonds. The zero-order valence-electron chi connectivity index (χ0n) is 23.0. The average molecular weight is 566 g/mol. The van der Waals surface area contributed by atoms with E-state index in [9.17, 15) is 14.4 Å². The molecule has 41 heavy (non-hydrogen) atoms. The van der Waals surface area contributed by atoms with E-state index in [2.05, 4.69) is 4.98 Å². The molecule has 2 aliphatic rings. The molecule has 0 bridgehead atoms. The number of likely N-dealkylation sites (tertiary alicyclic amines) is 1. The Hall–Kier alpha value is -3.93. The number of fused-ring (bicyclic) bond motifs is 1. The fraction of sp³-hybridized carbons (Fsp3) is 0.433. The van der Waals surface area contributed by atoms with Gasteiger partial charge in [-0.15, -0.1) is 0 Å². The molecule has 1 aromatic heterocycles. The minimum absolute atomic E-state index is 0.0139. The third-order valence-electron chi connectivity index (χ3n) is 7.54. The van der Waals surface area contributed by atoms with E-state index in [1.807, 2.05) is 42.5 Å². The Bertz CT molecular complexity index is 1440. The predicted molar refractivity (Wildman–Crippen MR) is 149 cm³/mol. The second-order valence-electron chi connectivity index (χ2n) is 10.1. The minimum atomic E-state index is -0.677. The summed E-state index contributed by atoms with van der Waals surface area (Å²) in [7, 11) is 1.34. The molecule has 11 heteroatoms. The zero-order chi connectivity index (χ0) is 28.8. The second-order valence-corrected chi connectivity index (χ2v) is 10.1. The van der Waals surface area contributed by atoms with Crippen LogP contribution in [0.25, 0.3) is 11.0 Å². The number of ether oxygens (including phenoxy) is 4. The van der Waals surface area contributed by atoms with Crippen LogP contribution in [0, 0.1) is 0 Å². The number of esters is 1. The molecule has 3 heterocycles. The molecule has 2 atom stereocenters. The van der Waals surface area contributed by atoms with Gasteiger partial charge in [-0.05, 0) is 48.7 Å². The van der Waals surface area contributed by atoms with Gasteiger partial charge in [-0.25, -0.2) is 9.59 Å². The van der Waals surface area contributed by atoms with Crippen molar-refractivity contribution in [3.63, 3.8) is 0 Å². The number of nitrogens with one attached hydrogen (secondary N) is 1. The van der Waals surface area contributed by atoms with Gasteiger partial charge in [0, 0.05) is 31.5 Å². The van der Waals surface area contributed by atoms with Crippen LogP contribution in [0.5, 0.6) is 0 Å². The number of aromatic nitrogens is 2. The van der Waals surface area contributed by atoms with E-state index >= 15 is 0 Å². The summed E-state index contributed by atoms with van der Waals surface area (Å²) < 4.78 is 23.8. The molecule has 1 fully saturated rings. The van der Waals surface area contributed by atoms with Crippen LogP contribution in [0.4, 0.5) is 0 Å². The van der Waals surface area contributed by atoms with Crippen LogP contribution in [-0.4, -0.2) is 84.4 Å². The van der Waals surface area contributed by atoms with Crippen LogP contribution in [-0.2, 0) is 23.7 Å². The lowest BCUT2D eigenvalue weighted by molar-refractivity contribution is -0.157. The molecule has 2 aliphatic heterocycles. The molecule has 1 saturated heterocycles. The van der Waals surface area contributed by atoms with Gasteiger partial charge in [0.25, 0.3) is 5.91 Å². The first-order valence-corrected chi connectivity index (χ1v) is 13.8. The number of amides is 1. The molecule has 2 N–H and O–H groups in total. The smallest absolute Gasteiger partial charge is 0.337 e. The highest BCUT2D eigenvalue weighted by Crippen LogP contribution is 2.33. The van der Waals surface area contributed by atoms with Crippen molar-refractivity contribution in [1.82, 2.24) is 14.5 Å². The topological polar surface area (TPSA) is 132 Å². The predicted octanol–water partition coefficient (Wildman–Crippen LogP) is 2.72. The number of H-pyrrole nitrogens is 1. The largest absolute Gasteiger partial charge is 0.465 e. The number of piperidine rings is 1. The standard InChI is InChI=1S/C30H35N3O8/c1-38-29(36)21-8-6-20(7-9-21)22-18-26(41-27(19-22)40-17-16-39-15-14-34)28(35)32-12-10-23(11-13-32)33-25-5-3-2-4-24(25)31-30(33)37/h2-9,18,22-23,27,34H,10-17,19H2,1H3,(H,31,37)/t22-,27+/m0/s1. The van der Waals surface area contributed by atoms with E-state index in [-0.39, 0.29) is 55.7 Å². The van der Waals surface area contributed by atoms with Gasteiger partial charge in [-0.2, -0.15) is 0 Å². The number of imidazole rings is 1. The third-order valence-corrected chi connectivity index (χ3v) is 7.54. The minimum Gasteiger partial charge on any atom is -0.465 e. The van der Waals surface area contributed by atoms with Gasteiger partial charge < -0.3 is 33.9 Å². The monoisotopic (exact) mass is 565 g/mol. The van der Waals surface area contributed by atoms with Crippen LogP contribution >= 0.6 is 0 Å². The molecular formula is C30H35N3O8. The lowest BCUT2D eigenvalue weighted by Crippen LogP contribution is -2.42. The molecular weight excluding hydrogens is 530 g/mol. The van der Waals surface area contributed by atoms with Crippen molar-refractivity contribution in [1.29, 1.82) is 0 Å². The number of rotatable bonds is 10. The molecule has 11 nitrogen and oxygen atoms in total. The van der Waals surface area contributed by atoms with Crippen molar-refractivity contribution in [3.05, 3.63) is 82.0 Å². The summed E-state index contributed by atoms with van der Waals surface area (Å²) in [6.07, 6.45) is 2.89. The molecule has 0 radical (unpaired) electrons. The fourth-order valence-corrected chi connectivity index (χ4v) is 5.45. The number of aliphatic hydroxyl groups is 1. The number of methoxy groups -OCH3 is 1. The maximum absolute atomic E-state index is 13.6. The van der Waals surface area contributed by atoms with Crippen molar-refractivity contribution in [2.75, 3.05) is 46.6 Å². The second kappa shape index (κ2) is 13.2. The molecule has 5 rings (SSSR count). The Balaban J connectivity index is 1.29. The third kappa shape index (κ3) is 6.53. The van der Waals surface area contributed by atoms with Crippen molar-refractivity contribution in [2.24, 2.45) is 0 Å². The average Bonchev–Trinajstić information content (AvgIpc) is 3.35. The van der Waals surface area contributed by atoms with Crippen LogP contribution in [0.1, 0.15) is 47.1 Å². The quantitative estimate of drug-likeness (QED) is 0.283. The van der Waals surface area contributed by atoms with Crippen LogP contribution < -0.4 is 5.69 Å². The summed E-state index contributed by atoms with van der Waals surface area (Å²) in [5, 5.41) is 8.91. The molecule has 2 aromatic carbocycles. The normalized spacial score (nSPS) is 19.6. The number of aromatic amines is 1. The van der Waals surface area contributed by atoms with E-state index in [4.69, 9.17) is 24.1 Å². The number of para-hydroxylation sites is 2. The Morgan fingerprint density at radius 2 is 1.80 bits per heavy atom. The molecule has 0 unspecified atom stereocenters. The number of carbonyl (C=O) groups is 2. The number of carbonyl (C=O) groups excluding carboxylic acids is 2. The number of nitrogens with zero attached hydrogens (tertiary/aromatic N) is 2. The summed E-state index contributed by atoms with van der Waals surface area (Å²) in [6.45, 7) is 1.63. The van der Waals surface area contributed by atoms with Crippen molar-refractivity contribution in [2.45, 2.75) is 37.5 Å². The highest BCUT2D eigenvalue weighted by Gasteiger charge is 2.33. The van der Waals surface area contributed by atoms with E-state index in [0.717, 1.165) is 16.6 Å². The molecule has 0 aliphatic carbocycles. The highest BCUT2D eigenvalue weighted by atomic mass is 16.7. The van der Waals surface area contributed by atoms with Crippen molar-refractivity contribution in [3.8, 4) is 0 Å². The van der Waals surface area contributed by atoms with Crippen LogP contribution in [0.3, 0.4) is 0 Å². The summed E-state index contributed by atoms with van der Waals surface area (Å²) in [6, 6.07) is 14.7. The Kier molecular flexibility index (Phi) is 9.17. The lowest BCUT2D eigenvalue weighted by Gasteiger charge is -2.35. The number of hydrogen-bond donors (Lipinski definition) is 2. The number of allylic oxidation sites excluding steroid dienone is 1. The summed E-state index contributed by atoms with van der Waals surface area (Å²) >= 11 is 0. The fourth-order valence-electron chi connectivity index (χ4n) is 5.45. The summed E-state index contributed by atoms with van der Waals surface area (Å²) in [4.78, 5) is 42.8. The van der Waals surface area contributed by atoms with E-state index < -0.39 is 12.3 Å². The number of hydrogen-bond acceptors (Lipinski definition) is 8. The molecule has 218 valence electrons. The maximum Gasteiger partial charge on any atom is 0.337 e. The number of benzene rings is 2. The maximum atomic E-state index is 13.6. The highest BCUT2D eigenvalue weighted by molar-refractivity contribution is 5.92. The van der Waals surface area contributed by atoms with Crippen LogP contribution in [0.2, 0.25) is 0 Å². The Labute approximate surface area is 237 Å². The first-order valence-electron chi connectivity index (χ1n) is 13.8. The molecule has 3 aromatic rings. The van der Waals surface area contributed by atoms with Crippen LogP contribution in [0.15, 0.2) is 65.2 Å². The van der Waals surface area contributed by atoms with Gasteiger partial charge in [0.2, 0.25) is 6.29 Å². The SMILES string of the molecule is COC(=O)c1ccc([C@H]2C=C(C(=O)N3CCC(n4c(=O)[nH]c5ccccc54)CC3)O[C@@H](OCCOCCO)C2)cc1. The van der Waals surface area contributed by atoms with Crippen molar-refractivity contribution >= 4 is 22.9 Å². The number of aliphatic hydroxyl groups excluding tert-OH is 1. The van der Waals surface area contributed by atoms with Gasteiger partial charge >= 0.3 is 11.7 Å². The first-order chi connectivity index (χ1) is 20.0. The summed E-state index contributed by atoms with van der Waals surface area (Å²) in [5.74, 6) is -0.615. The Morgan fingerprint density at radius 1 is 1.05 bits per heavy atom. The molecule has 0 saturated carbocycles. The van der Waals surface area contributed by atoms with Gasteiger partial charge in [0.1, 0.15) is 0 Å². The van der Waals surface area contributed by atoms with E-state index in [0.29, 0.717) is 37.9 Å². The zero-order valence-corrected chi connectivity index (χ0v) is 23.0. The first kappa shape index (κ1) is 28.6. The molecule has 0 spiro atoms. The van der Waals surface area contributed by atoms with Gasteiger partial charge in [-0.1, -0.05) is 24.3 Å². The van der Waals surface area contributed by atoms with E-state index in [1.54, 1.807) is 21.6 Å². The van der Waals surface area contributed by atoms with Gasteiger partial charge in [0.15, 0.2) is 5.76 Å². The van der Waals surface area contributed by atoms with Gasteiger partial charge in [0.05, 0.1) is 50.1 Å². The van der Waals surface area contributed by atoms with Gasteiger partial charge in [-0.3, -0.25) is 9.36 Å². The lowest BCUT2D eigenvalue weighted by atomic mass is 9.92. The summed E-state index contributed by atoms with van der Waals surface area (Å²) in [5.41, 5.74) is 2.88.